The molecule has 29 heavy (non-hydrogen) atoms. The number of aromatic nitrogens is 3. The van der Waals surface area contributed by atoms with Gasteiger partial charge in [0, 0.05) is 19.0 Å². The van der Waals surface area contributed by atoms with Gasteiger partial charge >= 0.3 is 5.69 Å². The minimum atomic E-state index is -0.240. The van der Waals surface area contributed by atoms with E-state index in [9.17, 15) is 9.59 Å². The summed E-state index contributed by atoms with van der Waals surface area (Å²) < 4.78 is 7.27. The highest BCUT2D eigenvalue weighted by Gasteiger charge is 2.28. The van der Waals surface area contributed by atoms with E-state index >= 15 is 0 Å². The number of ether oxygens (including phenoxy) is 1. The van der Waals surface area contributed by atoms with Gasteiger partial charge in [-0.2, -0.15) is 5.10 Å². The zero-order chi connectivity index (χ0) is 20.2. The Morgan fingerprint density at radius 3 is 2.62 bits per heavy atom. The zero-order valence-corrected chi connectivity index (χ0v) is 16.4. The molecule has 0 spiro atoms. The summed E-state index contributed by atoms with van der Waals surface area (Å²) in [5, 5.41) is 6.83. The second-order valence-corrected chi connectivity index (χ2v) is 7.32. The van der Waals surface area contributed by atoms with Crippen LogP contribution in [0.5, 0.6) is 5.75 Å². The number of nitrogens with zero attached hydrogens (tertiary/aromatic N) is 3. The first-order valence-corrected chi connectivity index (χ1v) is 9.82. The Kier molecular flexibility index (Phi) is 5.46. The van der Waals surface area contributed by atoms with Crippen LogP contribution in [0.4, 0.5) is 0 Å². The molecule has 1 aliphatic rings. The molecule has 1 aliphatic heterocycles. The lowest BCUT2D eigenvalue weighted by Gasteiger charge is -2.31. The molecule has 1 fully saturated rings. The number of carbonyl (C=O) groups is 1. The Labute approximate surface area is 168 Å². The van der Waals surface area contributed by atoms with Gasteiger partial charge in [0.15, 0.2) is 6.61 Å². The highest BCUT2D eigenvalue weighted by Crippen LogP contribution is 2.27. The van der Waals surface area contributed by atoms with Gasteiger partial charge in [-0.1, -0.05) is 30.3 Å². The first-order chi connectivity index (χ1) is 14.1. The number of amides is 1. The lowest BCUT2D eigenvalue weighted by atomic mass is 9.95. The monoisotopic (exact) mass is 392 g/mol. The molecule has 0 saturated carbocycles. The van der Waals surface area contributed by atoms with Gasteiger partial charge in [-0.15, -0.1) is 0 Å². The molecule has 0 radical (unpaired) electrons. The van der Waals surface area contributed by atoms with E-state index in [1.165, 1.54) is 0 Å². The maximum absolute atomic E-state index is 12.5. The minimum absolute atomic E-state index is 0.0209. The molecular formula is C22H24N4O3. The number of hydrogen-bond donors (Lipinski definition) is 1. The van der Waals surface area contributed by atoms with Crippen molar-refractivity contribution in [1.82, 2.24) is 19.7 Å². The van der Waals surface area contributed by atoms with Crippen molar-refractivity contribution in [2.45, 2.75) is 25.7 Å². The van der Waals surface area contributed by atoms with Gasteiger partial charge in [0.05, 0.1) is 5.69 Å². The Bertz CT molecular complexity index is 1030. The molecule has 4 rings (SSSR count). The van der Waals surface area contributed by atoms with E-state index in [1.54, 1.807) is 4.57 Å². The average Bonchev–Trinajstić information content (AvgIpc) is 3.14. The number of rotatable bonds is 5. The molecule has 0 aliphatic carbocycles. The third-order valence-corrected chi connectivity index (χ3v) is 5.28. The topological polar surface area (TPSA) is 80.2 Å². The number of H-pyrrole nitrogens is 1. The highest BCUT2D eigenvalue weighted by molar-refractivity contribution is 5.77. The summed E-state index contributed by atoms with van der Waals surface area (Å²) in [7, 11) is 0. The van der Waals surface area contributed by atoms with Gasteiger partial charge in [-0.25, -0.2) is 14.5 Å². The molecule has 0 atom stereocenters. The quantitative estimate of drug-likeness (QED) is 0.724. The number of para-hydroxylation sites is 1. The molecule has 2 aromatic carbocycles. The van der Waals surface area contributed by atoms with E-state index in [4.69, 9.17) is 4.74 Å². The number of benzene rings is 2. The summed E-state index contributed by atoms with van der Waals surface area (Å²) in [4.78, 5) is 26.6. The van der Waals surface area contributed by atoms with Crippen molar-refractivity contribution in [1.29, 1.82) is 0 Å². The zero-order valence-electron chi connectivity index (χ0n) is 16.4. The molecule has 1 aromatic heterocycles. The summed E-state index contributed by atoms with van der Waals surface area (Å²) in [5.74, 6) is 1.53. The summed E-state index contributed by atoms with van der Waals surface area (Å²) >= 11 is 0. The minimum Gasteiger partial charge on any atom is -0.484 e. The van der Waals surface area contributed by atoms with Crippen LogP contribution in [0.1, 0.15) is 30.1 Å². The standard InChI is InChI=1S/C22H24N4O3/c1-16-6-5-9-19(14-16)29-15-20(27)25-12-10-17(11-13-25)21-23-24-22(28)26(21)18-7-3-2-4-8-18/h2-9,14,17H,10-13,15H2,1H3,(H,24,28). The lowest BCUT2D eigenvalue weighted by molar-refractivity contribution is -0.134. The van der Waals surface area contributed by atoms with E-state index in [2.05, 4.69) is 10.2 Å². The number of nitrogens with one attached hydrogen (secondary N) is 1. The molecule has 2 heterocycles. The van der Waals surface area contributed by atoms with Crippen molar-refractivity contribution in [3.8, 4) is 11.4 Å². The number of aryl methyl sites for hydroxylation is 1. The number of hydrogen-bond acceptors (Lipinski definition) is 4. The predicted octanol–water partition coefficient (Wildman–Crippen LogP) is 2.65. The van der Waals surface area contributed by atoms with Gasteiger partial charge in [0.2, 0.25) is 0 Å². The summed E-state index contributed by atoms with van der Waals surface area (Å²) in [6, 6.07) is 17.2. The van der Waals surface area contributed by atoms with Crippen LogP contribution < -0.4 is 10.4 Å². The van der Waals surface area contributed by atoms with Crippen molar-refractivity contribution < 1.29 is 9.53 Å². The summed E-state index contributed by atoms with van der Waals surface area (Å²) in [6.07, 6.45) is 1.51. The lowest BCUT2D eigenvalue weighted by Crippen LogP contribution is -2.41. The second kappa shape index (κ2) is 8.34. The van der Waals surface area contributed by atoms with Crippen LogP contribution >= 0.6 is 0 Å². The van der Waals surface area contributed by atoms with Crippen LogP contribution in [0.15, 0.2) is 59.4 Å². The molecule has 7 nitrogen and oxygen atoms in total. The fourth-order valence-electron chi connectivity index (χ4n) is 3.74. The molecule has 0 unspecified atom stereocenters. The summed E-state index contributed by atoms with van der Waals surface area (Å²) in [5.41, 5.74) is 1.65. The molecule has 0 bridgehead atoms. The average molecular weight is 392 g/mol. The van der Waals surface area contributed by atoms with Gasteiger partial charge in [-0.05, 0) is 49.6 Å². The van der Waals surface area contributed by atoms with Crippen LogP contribution in [0.3, 0.4) is 0 Å². The van der Waals surface area contributed by atoms with Crippen LogP contribution in [-0.4, -0.2) is 45.3 Å². The number of likely N-dealkylation sites (tertiary alicyclic amines) is 1. The normalized spacial score (nSPS) is 14.7. The molecule has 1 saturated heterocycles. The van der Waals surface area contributed by atoms with Crippen molar-refractivity contribution in [3.05, 3.63) is 76.5 Å². The SMILES string of the molecule is Cc1cccc(OCC(=O)N2CCC(c3n[nH]c(=O)n3-c3ccccc3)CC2)c1. The molecule has 7 heteroatoms. The Hall–Kier alpha value is -3.35. The van der Waals surface area contributed by atoms with E-state index in [0.29, 0.717) is 18.8 Å². The van der Waals surface area contributed by atoms with Crippen LogP contribution in [0.2, 0.25) is 0 Å². The third-order valence-electron chi connectivity index (χ3n) is 5.28. The van der Waals surface area contributed by atoms with Gasteiger partial charge < -0.3 is 9.64 Å². The van der Waals surface area contributed by atoms with Crippen molar-refractivity contribution in [3.63, 3.8) is 0 Å². The van der Waals surface area contributed by atoms with E-state index < -0.39 is 0 Å². The first kappa shape index (κ1) is 19.0. The summed E-state index contributed by atoms with van der Waals surface area (Å²) in [6.45, 7) is 3.27. The maximum atomic E-state index is 12.5. The Morgan fingerprint density at radius 1 is 1.14 bits per heavy atom. The van der Waals surface area contributed by atoms with Crippen molar-refractivity contribution in [2.24, 2.45) is 0 Å². The third kappa shape index (κ3) is 4.23. The Morgan fingerprint density at radius 2 is 1.90 bits per heavy atom. The van der Waals surface area contributed by atoms with Gasteiger partial charge in [0.25, 0.3) is 5.91 Å². The maximum Gasteiger partial charge on any atom is 0.347 e. The number of carbonyl (C=O) groups excluding carboxylic acids is 1. The largest absolute Gasteiger partial charge is 0.484 e. The van der Waals surface area contributed by atoms with E-state index in [1.807, 2.05) is 66.4 Å². The molecule has 3 aromatic rings. The van der Waals surface area contributed by atoms with Crippen LogP contribution in [0.25, 0.3) is 5.69 Å². The van der Waals surface area contributed by atoms with Gasteiger partial charge in [-0.3, -0.25) is 4.79 Å². The predicted molar refractivity (Wildman–Crippen MR) is 109 cm³/mol. The Balaban J connectivity index is 1.38. The smallest absolute Gasteiger partial charge is 0.347 e. The van der Waals surface area contributed by atoms with E-state index in [0.717, 1.165) is 29.9 Å². The second-order valence-electron chi connectivity index (χ2n) is 7.32. The van der Waals surface area contributed by atoms with Gasteiger partial charge in [0.1, 0.15) is 11.6 Å². The highest BCUT2D eigenvalue weighted by atomic mass is 16.5. The van der Waals surface area contributed by atoms with E-state index in [-0.39, 0.29) is 24.1 Å². The molecule has 1 amide bonds. The molecular weight excluding hydrogens is 368 g/mol. The van der Waals surface area contributed by atoms with Crippen molar-refractivity contribution in [2.75, 3.05) is 19.7 Å². The van der Waals surface area contributed by atoms with Crippen LogP contribution in [-0.2, 0) is 4.79 Å². The molecule has 150 valence electrons. The number of piperidine rings is 1. The van der Waals surface area contributed by atoms with Crippen LogP contribution in [0, 0.1) is 6.92 Å². The molecule has 1 N–H and O–H groups in total. The first-order valence-electron chi connectivity index (χ1n) is 9.82. The van der Waals surface area contributed by atoms with Crippen molar-refractivity contribution >= 4 is 5.91 Å². The number of aromatic amines is 1. The fourth-order valence-corrected chi connectivity index (χ4v) is 3.74. The fraction of sp³-hybridized carbons (Fsp3) is 0.318.